The first-order valence-corrected chi connectivity index (χ1v) is 6.28. The second kappa shape index (κ2) is 5.40. The summed E-state index contributed by atoms with van der Waals surface area (Å²) in [5.41, 5.74) is 7.01. The zero-order valence-electron chi connectivity index (χ0n) is 11.0. The third kappa shape index (κ3) is 2.64. The van der Waals surface area contributed by atoms with E-state index in [1.165, 1.54) is 0 Å². The van der Waals surface area contributed by atoms with E-state index in [1.54, 1.807) is 13.2 Å². The number of hydrogen-bond acceptors (Lipinski definition) is 3. The van der Waals surface area contributed by atoms with Gasteiger partial charge in [0, 0.05) is 5.56 Å². The van der Waals surface area contributed by atoms with Gasteiger partial charge >= 0.3 is 0 Å². The van der Waals surface area contributed by atoms with E-state index in [4.69, 9.17) is 10.5 Å². The Morgan fingerprint density at radius 3 is 2.61 bits per heavy atom. The van der Waals surface area contributed by atoms with Gasteiger partial charge < -0.3 is 15.4 Å². The van der Waals surface area contributed by atoms with E-state index < -0.39 is 0 Å². The Bertz CT molecular complexity index is 437. The van der Waals surface area contributed by atoms with Crippen LogP contribution in [-0.2, 0) is 0 Å². The van der Waals surface area contributed by atoms with E-state index in [0.717, 1.165) is 37.2 Å². The fraction of sp³-hybridized carbons (Fsp3) is 0.500. The Hall–Kier alpha value is -1.55. The van der Waals surface area contributed by atoms with Crippen molar-refractivity contribution in [3.8, 4) is 5.75 Å². The number of methoxy groups -OCH3 is 1. The fourth-order valence-corrected chi connectivity index (χ4v) is 2.53. The normalized spacial score (nSPS) is 17.7. The maximum atomic E-state index is 11.3. The van der Waals surface area contributed by atoms with Gasteiger partial charge in [-0.2, -0.15) is 0 Å². The minimum Gasteiger partial charge on any atom is -0.496 e. The topological polar surface area (TPSA) is 55.6 Å². The predicted octanol–water partition coefficient (Wildman–Crippen LogP) is 1.60. The van der Waals surface area contributed by atoms with Gasteiger partial charge in [-0.3, -0.25) is 4.79 Å². The molecule has 1 fully saturated rings. The molecule has 1 aliphatic rings. The predicted molar refractivity (Wildman–Crippen MR) is 71.0 cm³/mol. The second-order valence-corrected chi connectivity index (χ2v) is 4.90. The standard InChI is InChI=1S/C14H20N2O2/c1-16-7-5-10(6-8-16)12-9-11(14(15)17)3-4-13(12)18-2/h3-4,9-10H,5-8H2,1-2H3,(H2,15,17). The molecule has 98 valence electrons. The van der Waals surface area contributed by atoms with Crippen LogP contribution in [0.5, 0.6) is 5.75 Å². The summed E-state index contributed by atoms with van der Waals surface area (Å²) >= 11 is 0. The summed E-state index contributed by atoms with van der Waals surface area (Å²) in [5, 5.41) is 0. The average molecular weight is 248 g/mol. The lowest BCUT2D eigenvalue weighted by molar-refractivity contribution is 0.1000. The molecule has 0 aromatic heterocycles. The summed E-state index contributed by atoms with van der Waals surface area (Å²) in [6.07, 6.45) is 2.18. The van der Waals surface area contributed by atoms with E-state index in [1.807, 2.05) is 12.1 Å². The number of likely N-dealkylation sites (tertiary alicyclic amines) is 1. The van der Waals surface area contributed by atoms with Crippen molar-refractivity contribution < 1.29 is 9.53 Å². The largest absolute Gasteiger partial charge is 0.496 e. The van der Waals surface area contributed by atoms with Crippen molar-refractivity contribution in [2.45, 2.75) is 18.8 Å². The van der Waals surface area contributed by atoms with Crippen LogP contribution in [0.15, 0.2) is 18.2 Å². The number of nitrogens with zero attached hydrogens (tertiary/aromatic N) is 1. The molecule has 1 saturated heterocycles. The molecule has 0 aliphatic carbocycles. The highest BCUT2D eigenvalue weighted by Gasteiger charge is 2.22. The Morgan fingerprint density at radius 2 is 2.06 bits per heavy atom. The summed E-state index contributed by atoms with van der Waals surface area (Å²) in [7, 11) is 3.80. The first kappa shape index (κ1) is 12.9. The van der Waals surface area contributed by atoms with Gasteiger partial charge in [0.25, 0.3) is 0 Å². The lowest BCUT2D eigenvalue weighted by Gasteiger charge is -2.30. The van der Waals surface area contributed by atoms with Crippen molar-refractivity contribution in [2.75, 3.05) is 27.2 Å². The molecule has 1 aromatic rings. The van der Waals surface area contributed by atoms with Crippen LogP contribution in [0.25, 0.3) is 0 Å². The zero-order valence-corrected chi connectivity index (χ0v) is 11.0. The summed E-state index contributed by atoms with van der Waals surface area (Å²) < 4.78 is 5.39. The highest BCUT2D eigenvalue weighted by atomic mass is 16.5. The van der Waals surface area contributed by atoms with Gasteiger partial charge in [-0.05, 0) is 62.7 Å². The highest BCUT2D eigenvalue weighted by Crippen LogP contribution is 2.34. The second-order valence-electron chi connectivity index (χ2n) is 4.90. The van der Waals surface area contributed by atoms with Crippen LogP contribution in [0.1, 0.15) is 34.7 Å². The Morgan fingerprint density at radius 1 is 1.39 bits per heavy atom. The number of ether oxygens (including phenoxy) is 1. The molecule has 0 saturated carbocycles. The number of primary amides is 1. The Labute approximate surface area is 108 Å². The summed E-state index contributed by atoms with van der Waals surface area (Å²) in [6, 6.07) is 5.45. The SMILES string of the molecule is COc1ccc(C(N)=O)cc1C1CCN(C)CC1. The molecule has 0 radical (unpaired) electrons. The lowest BCUT2D eigenvalue weighted by atomic mass is 9.88. The van der Waals surface area contributed by atoms with Crippen molar-refractivity contribution in [1.29, 1.82) is 0 Å². The minimum atomic E-state index is -0.383. The van der Waals surface area contributed by atoms with Crippen LogP contribution in [0.2, 0.25) is 0 Å². The van der Waals surface area contributed by atoms with Gasteiger partial charge in [0.15, 0.2) is 0 Å². The van der Waals surface area contributed by atoms with E-state index in [9.17, 15) is 4.79 Å². The smallest absolute Gasteiger partial charge is 0.248 e. The molecule has 1 aliphatic heterocycles. The molecule has 4 nitrogen and oxygen atoms in total. The number of hydrogen-bond donors (Lipinski definition) is 1. The van der Waals surface area contributed by atoms with Gasteiger partial charge in [-0.25, -0.2) is 0 Å². The number of benzene rings is 1. The van der Waals surface area contributed by atoms with Crippen molar-refractivity contribution in [2.24, 2.45) is 5.73 Å². The van der Waals surface area contributed by atoms with Crippen LogP contribution in [0, 0.1) is 0 Å². The van der Waals surface area contributed by atoms with Crippen molar-refractivity contribution in [3.05, 3.63) is 29.3 Å². The molecule has 4 heteroatoms. The molecule has 0 atom stereocenters. The maximum absolute atomic E-state index is 11.3. The number of piperidine rings is 1. The molecule has 2 rings (SSSR count). The molecule has 0 bridgehead atoms. The minimum absolute atomic E-state index is 0.383. The van der Waals surface area contributed by atoms with E-state index >= 15 is 0 Å². The molecule has 1 amide bonds. The third-order valence-electron chi connectivity index (χ3n) is 3.67. The van der Waals surface area contributed by atoms with E-state index in [-0.39, 0.29) is 5.91 Å². The zero-order chi connectivity index (χ0) is 13.1. The van der Waals surface area contributed by atoms with Crippen LogP contribution < -0.4 is 10.5 Å². The molecule has 1 heterocycles. The molecule has 2 N–H and O–H groups in total. The van der Waals surface area contributed by atoms with E-state index in [2.05, 4.69) is 11.9 Å². The molecule has 0 unspecified atom stereocenters. The molecule has 0 spiro atoms. The number of nitrogens with two attached hydrogens (primary N) is 1. The highest BCUT2D eigenvalue weighted by molar-refractivity contribution is 5.93. The Kier molecular flexibility index (Phi) is 3.87. The third-order valence-corrected chi connectivity index (χ3v) is 3.67. The maximum Gasteiger partial charge on any atom is 0.248 e. The summed E-state index contributed by atoms with van der Waals surface area (Å²) in [4.78, 5) is 13.6. The lowest BCUT2D eigenvalue weighted by Crippen LogP contribution is -2.29. The van der Waals surface area contributed by atoms with Gasteiger partial charge in [0.1, 0.15) is 5.75 Å². The monoisotopic (exact) mass is 248 g/mol. The van der Waals surface area contributed by atoms with Crippen LogP contribution in [-0.4, -0.2) is 38.1 Å². The number of rotatable bonds is 3. The van der Waals surface area contributed by atoms with Gasteiger partial charge in [-0.1, -0.05) is 0 Å². The van der Waals surface area contributed by atoms with Crippen LogP contribution >= 0.6 is 0 Å². The van der Waals surface area contributed by atoms with Gasteiger partial charge in [0.2, 0.25) is 5.91 Å². The summed E-state index contributed by atoms with van der Waals surface area (Å²) in [5.74, 6) is 0.928. The van der Waals surface area contributed by atoms with Crippen molar-refractivity contribution >= 4 is 5.91 Å². The molecular weight excluding hydrogens is 228 g/mol. The van der Waals surface area contributed by atoms with Crippen molar-refractivity contribution in [1.82, 2.24) is 4.90 Å². The molecule has 18 heavy (non-hydrogen) atoms. The van der Waals surface area contributed by atoms with Gasteiger partial charge in [0.05, 0.1) is 7.11 Å². The number of amides is 1. The number of carbonyl (C=O) groups is 1. The average Bonchev–Trinajstić information content (AvgIpc) is 2.39. The van der Waals surface area contributed by atoms with E-state index in [0.29, 0.717) is 11.5 Å². The van der Waals surface area contributed by atoms with Crippen LogP contribution in [0.4, 0.5) is 0 Å². The quantitative estimate of drug-likeness (QED) is 0.884. The first-order valence-electron chi connectivity index (χ1n) is 6.28. The molecular formula is C14H20N2O2. The van der Waals surface area contributed by atoms with Crippen molar-refractivity contribution in [3.63, 3.8) is 0 Å². The number of carbonyl (C=O) groups excluding carboxylic acids is 1. The molecule has 1 aromatic carbocycles. The Balaban J connectivity index is 2.29. The summed E-state index contributed by atoms with van der Waals surface area (Å²) in [6.45, 7) is 2.16. The van der Waals surface area contributed by atoms with Crippen LogP contribution in [0.3, 0.4) is 0 Å². The van der Waals surface area contributed by atoms with Gasteiger partial charge in [-0.15, -0.1) is 0 Å². The fourth-order valence-electron chi connectivity index (χ4n) is 2.53. The first-order chi connectivity index (χ1) is 8.61.